The Bertz CT molecular complexity index is 1290. The Morgan fingerprint density at radius 1 is 0.643 bits per heavy atom. The number of rotatable bonds is 16. The molecule has 0 heterocycles. The van der Waals surface area contributed by atoms with Gasteiger partial charge in [-0.15, -0.1) is 0 Å². The van der Waals surface area contributed by atoms with Gasteiger partial charge < -0.3 is 14.2 Å². The summed E-state index contributed by atoms with van der Waals surface area (Å²) in [5.41, 5.74) is 0.287. The number of fused-ring (bicyclic) bond motifs is 1. The molecule has 42 heavy (non-hydrogen) atoms. The summed E-state index contributed by atoms with van der Waals surface area (Å²) in [4.78, 5) is 12.6. The maximum Gasteiger partial charge on any atom is 0.460 e. The standard InChI is InChI=1S/C31H33F7O4/c1-2-3-4-5-6-7-8-9-18-40-25-14-10-22(11-15-25)28(39)42-27-17-13-23-19-26(16-12-24(23)20-27)41-21-29(32,33)30(34,35)31(36,37)38/h10-17,19-20H,2-9,18,21H2,1H3. The fourth-order valence-corrected chi connectivity index (χ4v) is 4.11. The minimum Gasteiger partial charge on any atom is -0.494 e. The second-order valence-corrected chi connectivity index (χ2v) is 9.97. The molecule has 0 radical (unpaired) electrons. The van der Waals surface area contributed by atoms with Gasteiger partial charge in [0.05, 0.1) is 12.2 Å². The van der Waals surface area contributed by atoms with E-state index < -0.39 is 30.6 Å². The molecule has 0 saturated heterocycles. The van der Waals surface area contributed by atoms with Crippen LogP contribution in [0.4, 0.5) is 30.7 Å². The lowest BCUT2D eigenvalue weighted by molar-refractivity contribution is -0.358. The molecule has 230 valence electrons. The van der Waals surface area contributed by atoms with Gasteiger partial charge in [0.2, 0.25) is 0 Å². The summed E-state index contributed by atoms with van der Waals surface area (Å²) in [7, 11) is 0. The zero-order chi connectivity index (χ0) is 30.8. The highest BCUT2D eigenvalue weighted by atomic mass is 19.4. The number of unbranched alkanes of at least 4 members (excludes halogenated alkanes) is 7. The predicted octanol–water partition coefficient (Wildman–Crippen LogP) is 9.79. The number of benzene rings is 3. The van der Waals surface area contributed by atoms with Crippen LogP contribution < -0.4 is 14.2 Å². The summed E-state index contributed by atoms with van der Waals surface area (Å²) >= 11 is 0. The van der Waals surface area contributed by atoms with Crippen molar-refractivity contribution < 1.29 is 49.7 Å². The summed E-state index contributed by atoms with van der Waals surface area (Å²) in [6.45, 7) is 0.608. The molecule has 0 atom stereocenters. The van der Waals surface area contributed by atoms with Gasteiger partial charge in [-0.1, -0.05) is 64.0 Å². The number of ether oxygens (including phenoxy) is 3. The summed E-state index contributed by atoms with van der Waals surface area (Å²) < 4.78 is 106. The van der Waals surface area contributed by atoms with Gasteiger partial charge in [0, 0.05) is 0 Å². The number of esters is 1. The third-order valence-corrected chi connectivity index (χ3v) is 6.59. The molecule has 3 rings (SSSR count). The van der Waals surface area contributed by atoms with E-state index in [9.17, 15) is 35.5 Å². The van der Waals surface area contributed by atoms with Gasteiger partial charge in [-0.2, -0.15) is 30.7 Å². The Labute approximate surface area is 239 Å². The molecule has 3 aromatic carbocycles. The van der Waals surface area contributed by atoms with Gasteiger partial charge >= 0.3 is 24.0 Å². The highest BCUT2D eigenvalue weighted by molar-refractivity contribution is 5.92. The van der Waals surface area contributed by atoms with Crippen molar-refractivity contribution in [3.8, 4) is 17.2 Å². The molecule has 0 spiro atoms. The van der Waals surface area contributed by atoms with E-state index in [1.807, 2.05) is 0 Å². The lowest BCUT2D eigenvalue weighted by Crippen LogP contribution is -2.54. The Kier molecular flexibility index (Phi) is 11.5. The van der Waals surface area contributed by atoms with Gasteiger partial charge in [-0.3, -0.25) is 0 Å². The Hall–Kier alpha value is -3.50. The average Bonchev–Trinajstić information content (AvgIpc) is 2.94. The molecule has 0 aliphatic carbocycles. The van der Waals surface area contributed by atoms with Crippen molar-refractivity contribution in [3.63, 3.8) is 0 Å². The van der Waals surface area contributed by atoms with Gasteiger partial charge in [0.15, 0.2) is 6.61 Å². The zero-order valence-electron chi connectivity index (χ0n) is 23.1. The Morgan fingerprint density at radius 2 is 1.17 bits per heavy atom. The normalized spacial score (nSPS) is 12.4. The monoisotopic (exact) mass is 602 g/mol. The maximum absolute atomic E-state index is 13.5. The smallest absolute Gasteiger partial charge is 0.460 e. The van der Waals surface area contributed by atoms with Crippen molar-refractivity contribution in [2.24, 2.45) is 0 Å². The first-order valence-electron chi connectivity index (χ1n) is 13.8. The molecule has 0 bridgehead atoms. The molecule has 3 aromatic rings. The van der Waals surface area contributed by atoms with Gasteiger partial charge in [-0.25, -0.2) is 4.79 Å². The van der Waals surface area contributed by atoms with E-state index in [0.717, 1.165) is 18.9 Å². The van der Waals surface area contributed by atoms with Crippen LogP contribution >= 0.6 is 0 Å². The van der Waals surface area contributed by atoms with Crippen LogP contribution in [-0.4, -0.2) is 37.2 Å². The molecule has 4 nitrogen and oxygen atoms in total. The topological polar surface area (TPSA) is 44.8 Å². The second-order valence-electron chi connectivity index (χ2n) is 9.97. The third kappa shape index (κ3) is 9.00. The van der Waals surface area contributed by atoms with Gasteiger partial charge in [0.25, 0.3) is 0 Å². The van der Waals surface area contributed by atoms with Crippen LogP contribution in [0.15, 0.2) is 60.7 Å². The second kappa shape index (κ2) is 14.6. The van der Waals surface area contributed by atoms with E-state index in [-0.39, 0.29) is 17.1 Å². The fraction of sp³-hybridized carbons (Fsp3) is 0.452. The lowest BCUT2D eigenvalue weighted by atomic mass is 10.1. The molecule has 0 N–H and O–H groups in total. The predicted molar refractivity (Wildman–Crippen MR) is 145 cm³/mol. The maximum atomic E-state index is 13.5. The van der Waals surface area contributed by atoms with Gasteiger partial charge in [-0.05, 0) is 65.7 Å². The molecular weight excluding hydrogens is 569 g/mol. The number of carbonyl (C=O) groups excluding carboxylic acids is 1. The van der Waals surface area contributed by atoms with E-state index in [1.165, 1.54) is 68.9 Å². The summed E-state index contributed by atoms with van der Waals surface area (Å²) in [6.07, 6.45) is 3.14. The number of halogens is 7. The Morgan fingerprint density at radius 3 is 1.76 bits per heavy atom. The van der Waals surface area contributed by atoms with E-state index in [0.29, 0.717) is 23.1 Å². The highest BCUT2D eigenvalue weighted by Crippen LogP contribution is 2.46. The first-order valence-corrected chi connectivity index (χ1v) is 13.8. The zero-order valence-corrected chi connectivity index (χ0v) is 23.1. The SMILES string of the molecule is CCCCCCCCCCOc1ccc(C(=O)Oc2ccc3cc(OCC(F)(F)C(F)(F)C(F)(F)F)ccc3c2)cc1. The first-order chi connectivity index (χ1) is 19.8. The lowest BCUT2D eigenvalue weighted by Gasteiger charge is -2.28. The van der Waals surface area contributed by atoms with Crippen LogP contribution in [0.3, 0.4) is 0 Å². The minimum absolute atomic E-state index is 0.174. The number of hydrogen-bond donors (Lipinski definition) is 0. The van der Waals surface area contributed by atoms with Crippen molar-refractivity contribution in [1.82, 2.24) is 0 Å². The van der Waals surface area contributed by atoms with Crippen LogP contribution in [0.1, 0.15) is 68.6 Å². The molecule has 0 aliphatic rings. The van der Waals surface area contributed by atoms with E-state index in [2.05, 4.69) is 11.7 Å². The van der Waals surface area contributed by atoms with Crippen LogP contribution in [0, 0.1) is 0 Å². The van der Waals surface area contributed by atoms with Crippen molar-refractivity contribution in [1.29, 1.82) is 0 Å². The van der Waals surface area contributed by atoms with Crippen LogP contribution in [-0.2, 0) is 0 Å². The molecule has 0 amide bonds. The molecule has 0 aromatic heterocycles. The van der Waals surface area contributed by atoms with Crippen LogP contribution in [0.5, 0.6) is 17.2 Å². The third-order valence-electron chi connectivity index (χ3n) is 6.59. The van der Waals surface area contributed by atoms with E-state index in [1.54, 1.807) is 24.3 Å². The first kappa shape index (κ1) is 33.0. The average molecular weight is 603 g/mol. The Balaban J connectivity index is 1.49. The molecule has 0 unspecified atom stereocenters. The van der Waals surface area contributed by atoms with Gasteiger partial charge in [0.1, 0.15) is 17.2 Å². The van der Waals surface area contributed by atoms with Crippen LogP contribution in [0.2, 0.25) is 0 Å². The molecular formula is C31H33F7O4. The quantitative estimate of drug-likeness (QED) is 0.0709. The van der Waals surface area contributed by atoms with Crippen molar-refractivity contribution in [3.05, 3.63) is 66.2 Å². The highest BCUT2D eigenvalue weighted by Gasteiger charge is 2.73. The number of carbonyl (C=O) groups is 1. The minimum atomic E-state index is -6.43. The van der Waals surface area contributed by atoms with Crippen LogP contribution in [0.25, 0.3) is 10.8 Å². The summed E-state index contributed by atoms with van der Waals surface area (Å²) in [6, 6.07) is 14.5. The molecule has 0 saturated carbocycles. The van der Waals surface area contributed by atoms with Crippen molar-refractivity contribution in [2.75, 3.05) is 13.2 Å². The van der Waals surface area contributed by atoms with E-state index >= 15 is 0 Å². The number of hydrogen-bond acceptors (Lipinski definition) is 4. The largest absolute Gasteiger partial charge is 0.494 e. The molecule has 0 fully saturated rings. The molecule has 11 heteroatoms. The number of alkyl halides is 7. The molecule has 0 aliphatic heterocycles. The van der Waals surface area contributed by atoms with E-state index in [4.69, 9.17) is 9.47 Å². The summed E-state index contributed by atoms with van der Waals surface area (Å²) in [5.74, 6) is -11.9. The van der Waals surface area contributed by atoms with Crippen molar-refractivity contribution >= 4 is 16.7 Å². The summed E-state index contributed by atoms with van der Waals surface area (Å²) in [5, 5.41) is 0.862. The van der Waals surface area contributed by atoms with Crippen molar-refractivity contribution in [2.45, 2.75) is 76.3 Å². The fourth-order valence-electron chi connectivity index (χ4n) is 4.11.